The van der Waals surface area contributed by atoms with E-state index in [-0.39, 0.29) is 0 Å². The molecule has 0 unspecified atom stereocenters. The van der Waals surface area contributed by atoms with Crippen LogP contribution in [0.1, 0.15) is 18.1 Å². The Labute approximate surface area is 172 Å². The lowest BCUT2D eigenvalue weighted by Crippen LogP contribution is -2.38. The standard InChI is InChI=1S/C22H30N4O3/c1-3-23-22(25-11-10-17-6-9-20-21(14-17)29-16-28-20)26-15-18-4-7-19(8-5-18)24-12-13-27-2/h4-9,14,24H,3,10-13,15-16H2,1-2H3,(H2,23,25,26). The van der Waals surface area contributed by atoms with Crippen molar-refractivity contribution in [3.05, 3.63) is 53.6 Å². The molecule has 1 heterocycles. The van der Waals surface area contributed by atoms with Crippen LogP contribution >= 0.6 is 0 Å². The Balaban J connectivity index is 1.47. The van der Waals surface area contributed by atoms with Gasteiger partial charge in [-0.3, -0.25) is 0 Å². The summed E-state index contributed by atoms with van der Waals surface area (Å²) in [6.07, 6.45) is 0.878. The minimum Gasteiger partial charge on any atom is -0.454 e. The van der Waals surface area contributed by atoms with Gasteiger partial charge in [-0.15, -0.1) is 0 Å². The Bertz CT molecular complexity index is 793. The lowest BCUT2D eigenvalue weighted by atomic mass is 10.1. The van der Waals surface area contributed by atoms with Crippen molar-refractivity contribution >= 4 is 11.6 Å². The zero-order valence-electron chi connectivity index (χ0n) is 17.2. The second-order valence-electron chi connectivity index (χ2n) is 6.68. The van der Waals surface area contributed by atoms with Crippen LogP contribution in [0.25, 0.3) is 0 Å². The molecule has 2 aromatic rings. The van der Waals surface area contributed by atoms with Gasteiger partial charge in [-0.25, -0.2) is 4.99 Å². The summed E-state index contributed by atoms with van der Waals surface area (Å²) >= 11 is 0. The van der Waals surface area contributed by atoms with Crippen LogP contribution in [0.15, 0.2) is 47.5 Å². The summed E-state index contributed by atoms with van der Waals surface area (Å²) in [7, 11) is 1.70. The van der Waals surface area contributed by atoms with Crippen LogP contribution in [0.4, 0.5) is 5.69 Å². The fourth-order valence-electron chi connectivity index (χ4n) is 2.96. The van der Waals surface area contributed by atoms with E-state index in [1.54, 1.807) is 7.11 Å². The van der Waals surface area contributed by atoms with E-state index in [2.05, 4.69) is 58.2 Å². The first-order valence-electron chi connectivity index (χ1n) is 10.0. The summed E-state index contributed by atoms with van der Waals surface area (Å²) in [5.41, 5.74) is 3.45. The van der Waals surface area contributed by atoms with Crippen LogP contribution in [0.2, 0.25) is 0 Å². The molecule has 0 aliphatic carbocycles. The molecule has 2 aromatic carbocycles. The number of aliphatic imine (C=N–C) groups is 1. The fourth-order valence-corrected chi connectivity index (χ4v) is 2.96. The number of guanidine groups is 1. The van der Waals surface area contributed by atoms with Crippen molar-refractivity contribution in [1.82, 2.24) is 10.6 Å². The lowest BCUT2D eigenvalue weighted by Gasteiger charge is -2.12. The first kappa shape index (κ1) is 20.8. The van der Waals surface area contributed by atoms with E-state index in [1.807, 2.05) is 12.1 Å². The molecule has 3 rings (SSSR count). The highest BCUT2D eigenvalue weighted by Gasteiger charge is 2.12. The molecule has 0 bridgehead atoms. The van der Waals surface area contributed by atoms with Crippen molar-refractivity contribution in [2.45, 2.75) is 19.9 Å². The van der Waals surface area contributed by atoms with Crippen molar-refractivity contribution in [3.63, 3.8) is 0 Å². The molecule has 0 radical (unpaired) electrons. The van der Waals surface area contributed by atoms with Gasteiger partial charge in [-0.2, -0.15) is 0 Å². The molecule has 7 heteroatoms. The van der Waals surface area contributed by atoms with Gasteiger partial charge in [0.1, 0.15) is 0 Å². The second kappa shape index (κ2) is 11.2. The number of benzene rings is 2. The Morgan fingerprint density at radius 1 is 1.00 bits per heavy atom. The number of methoxy groups -OCH3 is 1. The molecular weight excluding hydrogens is 368 g/mol. The molecule has 1 aliphatic rings. The zero-order chi connectivity index (χ0) is 20.3. The van der Waals surface area contributed by atoms with E-state index in [0.717, 1.165) is 54.8 Å². The lowest BCUT2D eigenvalue weighted by molar-refractivity contribution is 0.174. The van der Waals surface area contributed by atoms with Crippen LogP contribution in [0.3, 0.4) is 0 Å². The molecular formula is C22H30N4O3. The summed E-state index contributed by atoms with van der Waals surface area (Å²) in [5, 5.41) is 10.0. The van der Waals surface area contributed by atoms with E-state index < -0.39 is 0 Å². The molecule has 1 aliphatic heterocycles. The average molecular weight is 399 g/mol. The third-order valence-electron chi connectivity index (χ3n) is 4.50. The van der Waals surface area contributed by atoms with Gasteiger partial charge in [0.15, 0.2) is 17.5 Å². The van der Waals surface area contributed by atoms with Gasteiger partial charge in [0, 0.05) is 32.4 Å². The topological polar surface area (TPSA) is 76.1 Å². The number of nitrogens with zero attached hydrogens (tertiary/aromatic N) is 1. The van der Waals surface area contributed by atoms with Gasteiger partial charge in [0.2, 0.25) is 6.79 Å². The number of rotatable bonds is 10. The Hall–Kier alpha value is -2.93. The van der Waals surface area contributed by atoms with E-state index in [1.165, 1.54) is 5.56 Å². The first-order chi connectivity index (χ1) is 14.3. The maximum atomic E-state index is 5.44. The van der Waals surface area contributed by atoms with Crippen LogP contribution in [-0.4, -0.2) is 46.1 Å². The number of nitrogens with one attached hydrogen (secondary N) is 3. The predicted octanol–water partition coefficient (Wildman–Crippen LogP) is 2.77. The third kappa shape index (κ3) is 6.57. The van der Waals surface area contributed by atoms with Crippen LogP contribution < -0.4 is 25.4 Å². The monoisotopic (exact) mass is 398 g/mol. The summed E-state index contributed by atoms with van der Waals surface area (Å²) in [6, 6.07) is 14.4. The van der Waals surface area contributed by atoms with Gasteiger partial charge in [-0.05, 0) is 48.7 Å². The average Bonchev–Trinajstić information content (AvgIpc) is 3.21. The number of hydrogen-bond donors (Lipinski definition) is 3. The molecule has 7 nitrogen and oxygen atoms in total. The molecule has 0 saturated heterocycles. The van der Waals surface area contributed by atoms with Crippen LogP contribution in [-0.2, 0) is 17.7 Å². The van der Waals surface area contributed by atoms with Crippen LogP contribution in [0, 0.1) is 0 Å². The second-order valence-corrected chi connectivity index (χ2v) is 6.68. The Kier molecular flexibility index (Phi) is 8.01. The summed E-state index contributed by atoms with van der Waals surface area (Å²) < 4.78 is 15.8. The Morgan fingerprint density at radius 3 is 2.59 bits per heavy atom. The van der Waals surface area contributed by atoms with E-state index in [0.29, 0.717) is 19.9 Å². The molecule has 0 spiro atoms. The minimum absolute atomic E-state index is 0.304. The fraction of sp³-hybridized carbons (Fsp3) is 0.409. The number of anilines is 1. The van der Waals surface area contributed by atoms with E-state index in [4.69, 9.17) is 14.2 Å². The number of ether oxygens (including phenoxy) is 3. The normalized spacial score (nSPS) is 12.7. The quantitative estimate of drug-likeness (QED) is 0.325. The highest BCUT2D eigenvalue weighted by atomic mass is 16.7. The summed E-state index contributed by atoms with van der Waals surface area (Å²) in [6.45, 7) is 6.08. The number of hydrogen-bond acceptors (Lipinski definition) is 5. The molecule has 0 aromatic heterocycles. The van der Waals surface area contributed by atoms with Gasteiger partial charge in [-0.1, -0.05) is 18.2 Å². The van der Waals surface area contributed by atoms with E-state index >= 15 is 0 Å². The molecule has 0 fully saturated rings. The predicted molar refractivity (Wildman–Crippen MR) is 116 cm³/mol. The molecule has 0 amide bonds. The van der Waals surface area contributed by atoms with E-state index in [9.17, 15) is 0 Å². The highest BCUT2D eigenvalue weighted by molar-refractivity contribution is 5.79. The van der Waals surface area contributed by atoms with Gasteiger partial charge in [0.05, 0.1) is 13.2 Å². The summed E-state index contributed by atoms with van der Waals surface area (Å²) in [4.78, 5) is 4.69. The zero-order valence-corrected chi connectivity index (χ0v) is 17.2. The molecule has 0 atom stereocenters. The van der Waals surface area contributed by atoms with Gasteiger partial charge < -0.3 is 30.2 Å². The molecule has 0 saturated carbocycles. The largest absolute Gasteiger partial charge is 0.454 e. The van der Waals surface area contributed by atoms with Gasteiger partial charge >= 0.3 is 0 Å². The third-order valence-corrected chi connectivity index (χ3v) is 4.50. The maximum Gasteiger partial charge on any atom is 0.231 e. The van der Waals surface area contributed by atoms with Crippen molar-refractivity contribution in [3.8, 4) is 11.5 Å². The number of fused-ring (bicyclic) bond motifs is 1. The Morgan fingerprint density at radius 2 is 1.79 bits per heavy atom. The van der Waals surface area contributed by atoms with Crippen molar-refractivity contribution in [1.29, 1.82) is 0 Å². The maximum absolute atomic E-state index is 5.44. The first-order valence-corrected chi connectivity index (χ1v) is 10.0. The summed E-state index contributed by atoms with van der Waals surface area (Å²) in [5.74, 6) is 2.45. The molecule has 29 heavy (non-hydrogen) atoms. The smallest absolute Gasteiger partial charge is 0.231 e. The van der Waals surface area contributed by atoms with Crippen LogP contribution in [0.5, 0.6) is 11.5 Å². The van der Waals surface area contributed by atoms with Crippen molar-refractivity contribution < 1.29 is 14.2 Å². The SMILES string of the molecule is CCNC(=NCc1ccc(NCCOC)cc1)NCCc1ccc2c(c1)OCO2. The minimum atomic E-state index is 0.304. The van der Waals surface area contributed by atoms with Gasteiger partial charge in [0.25, 0.3) is 0 Å². The molecule has 156 valence electrons. The van der Waals surface area contributed by atoms with Crippen molar-refractivity contribution in [2.24, 2.45) is 4.99 Å². The highest BCUT2D eigenvalue weighted by Crippen LogP contribution is 2.32. The molecule has 3 N–H and O–H groups in total. The van der Waals surface area contributed by atoms with Crippen molar-refractivity contribution in [2.75, 3.05) is 45.5 Å².